The highest BCUT2D eigenvalue weighted by atomic mass is 32.2. The lowest BCUT2D eigenvalue weighted by molar-refractivity contribution is 0.426. The minimum Gasteiger partial charge on any atom is -0.415 e. The third kappa shape index (κ3) is 3.23. The Bertz CT molecular complexity index is 454. The van der Waals surface area contributed by atoms with Gasteiger partial charge in [-0.15, -0.1) is 21.5 Å². The lowest BCUT2D eigenvalue weighted by Gasteiger charge is -1.91. The molecule has 86 valence electrons. The van der Waals surface area contributed by atoms with Crippen molar-refractivity contribution in [3.05, 3.63) is 22.0 Å². The van der Waals surface area contributed by atoms with Gasteiger partial charge in [-0.3, -0.25) is 0 Å². The fourth-order valence-electron chi connectivity index (χ4n) is 1.09. The zero-order chi connectivity index (χ0) is 11.4. The van der Waals surface area contributed by atoms with Crippen molar-refractivity contribution in [1.29, 1.82) is 0 Å². The molecule has 2 rings (SSSR count). The van der Waals surface area contributed by atoms with Gasteiger partial charge in [0.25, 0.3) is 5.22 Å². The van der Waals surface area contributed by atoms with Crippen molar-refractivity contribution in [3.63, 3.8) is 0 Å². The monoisotopic (exact) mass is 273 g/mol. The van der Waals surface area contributed by atoms with Crippen molar-refractivity contribution in [1.82, 2.24) is 15.2 Å². The van der Waals surface area contributed by atoms with Crippen LogP contribution in [0.5, 0.6) is 0 Å². The van der Waals surface area contributed by atoms with Gasteiger partial charge >= 0.3 is 0 Å². The molecule has 0 atom stereocenters. The Balaban J connectivity index is 1.89. The molecule has 0 radical (unpaired) electrons. The number of rotatable bonds is 5. The van der Waals surface area contributed by atoms with Crippen LogP contribution in [-0.2, 0) is 11.5 Å². The van der Waals surface area contributed by atoms with E-state index in [9.17, 15) is 0 Å². The van der Waals surface area contributed by atoms with Crippen LogP contribution in [0.1, 0.15) is 16.6 Å². The van der Waals surface area contributed by atoms with Gasteiger partial charge in [0.1, 0.15) is 0 Å². The van der Waals surface area contributed by atoms with E-state index in [0.717, 1.165) is 22.2 Å². The highest BCUT2D eigenvalue weighted by molar-refractivity contribution is 7.98. The molecule has 0 bridgehead atoms. The van der Waals surface area contributed by atoms with Crippen molar-refractivity contribution >= 4 is 34.9 Å². The smallest absolute Gasteiger partial charge is 0.276 e. The average Bonchev–Trinajstić information content (AvgIpc) is 2.85. The largest absolute Gasteiger partial charge is 0.415 e. The van der Waals surface area contributed by atoms with E-state index in [1.807, 2.05) is 13.2 Å². The van der Waals surface area contributed by atoms with Gasteiger partial charge in [0.05, 0.1) is 16.5 Å². The van der Waals surface area contributed by atoms with Gasteiger partial charge in [0.2, 0.25) is 5.89 Å². The van der Waals surface area contributed by atoms with Crippen molar-refractivity contribution in [2.75, 3.05) is 6.26 Å². The van der Waals surface area contributed by atoms with Gasteiger partial charge in [0.15, 0.2) is 0 Å². The van der Waals surface area contributed by atoms with Crippen LogP contribution >= 0.6 is 34.9 Å². The zero-order valence-corrected chi connectivity index (χ0v) is 11.4. The molecular weight excluding hydrogens is 262 g/mol. The lowest BCUT2D eigenvalue weighted by Crippen LogP contribution is -1.80. The fourth-order valence-corrected chi connectivity index (χ4v) is 2.84. The van der Waals surface area contributed by atoms with Crippen molar-refractivity contribution < 1.29 is 4.42 Å². The van der Waals surface area contributed by atoms with E-state index in [0.29, 0.717) is 11.1 Å². The Kier molecular flexibility index (Phi) is 4.25. The minimum atomic E-state index is 0.620. The SMILES string of the molecule is CSCc1nnc(SCc2csc(C)n2)o1. The second-order valence-electron chi connectivity index (χ2n) is 3.04. The van der Waals surface area contributed by atoms with Gasteiger partial charge in [-0.2, -0.15) is 11.8 Å². The van der Waals surface area contributed by atoms with Gasteiger partial charge in [-0.25, -0.2) is 4.98 Å². The van der Waals surface area contributed by atoms with Crippen molar-refractivity contribution in [2.45, 2.75) is 23.7 Å². The van der Waals surface area contributed by atoms with Crippen LogP contribution in [0.25, 0.3) is 0 Å². The topological polar surface area (TPSA) is 51.8 Å². The summed E-state index contributed by atoms with van der Waals surface area (Å²) in [7, 11) is 0. The van der Waals surface area contributed by atoms with Crippen LogP contribution in [0.15, 0.2) is 15.0 Å². The number of aromatic nitrogens is 3. The van der Waals surface area contributed by atoms with Crippen LogP contribution in [0.4, 0.5) is 0 Å². The number of thiazole rings is 1. The maximum Gasteiger partial charge on any atom is 0.276 e. The number of aryl methyl sites for hydroxylation is 1. The molecule has 0 aliphatic carbocycles. The second kappa shape index (κ2) is 5.70. The van der Waals surface area contributed by atoms with Crippen molar-refractivity contribution in [2.24, 2.45) is 0 Å². The summed E-state index contributed by atoms with van der Waals surface area (Å²) in [4.78, 5) is 4.37. The number of hydrogen-bond donors (Lipinski definition) is 0. The van der Waals surface area contributed by atoms with Gasteiger partial charge in [0, 0.05) is 11.1 Å². The summed E-state index contributed by atoms with van der Waals surface area (Å²) in [5, 5.41) is 11.7. The molecule has 0 saturated carbocycles. The summed E-state index contributed by atoms with van der Waals surface area (Å²) >= 11 is 4.86. The summed E-state index contributed by atoms with van der Waals surface area (Å²) in [5.74, 6) is 2.23. The Hall–Kier alpha value is -0.530. The van der Waals surface area contributed by atoms with E-state index in [4.69, 9.17) is 4.42 Å². The Labute approximate surface area is 106 Å². The molecule has 0 N–H and O–H groups in total. The molecule has 0 amide bonds. The molecule has 16 heavy (non-hydrogen) atoms. The van der Waals surface area contributed by atoms with Gasteiger partial charge in [-0.1, -0.05) is 11.8 Å². The Morgan fingerprint density at radius 2 is 2.25 bits per heavy atom. The normalized spacial score (nSPS) is 10.9. The number of thioether (sulfide) groups is 2. The molecule has 0 fully saturated rings. The standard InChI is InChI=1S/C9H11N3OS3/c1-6-10-7(3-15-6)4-16-9-12-11-8(13-9)5-14-2/h3H,4-5H2,1-2H3. The second-order valence-corrected chi connectivity index (χ2v) is 5.90. The summed E-state index contributed by atoms with van der Waals surface area (Å²) in [6.45, 7) is 2.00. The molecule has 2 aromatic rings. The van der Waals surface area contributed by atoms with E-state index in [-0.39, 0.29) is 0 Å². The molecule has 2 aromatic heterocycles. The van der Waals surface area contributed by atoms with E-state index in [1.54, 1.807) is 23.1 Å². The first-order valence-electron chi connectivity index (χ1n) is 4.63. The zero-order valence-electron chi connectivity index (χ0n) is 8.97. The van der Waals surface area contributed by atoms with E-state index < -0.39 is 0 Å². The number of nitrogens with zero attached hydrogens (tertiary/aromatic N) is 3. The van der Waals surface area contributed by atoms with Crippen LogP contribution in [0.2, 0.25) is 0 Å². The first-order valence-corrected chi connectivity index (χ1v) is 7.89. The molecule has 0 aliphatic rings. The van der Waals surface area contributed by atoms with Gasteiger partial charge in [-0.05, 0) is 13.2 Å². The highest BCUT2D eigenvalue weighted by Crippen LogP contribution is 2.23. The molecule has 0 unspecified atom stereocenters. The highest BCUT2D eigenvalue weighted by Gasteiger charge is 2.07. The van der Waals surface area contributed by atoms with Crippen LogP contribution < -0.4 is 0 Å². The molecule has 0 spiro atoms. The third-order valence-electron chi connectivity index (χ3n) is 1.73. The first kappa shape index (κ1) is 11.9. The quantitative estimate of drug-likeness (QED) is 0.781. The Morgan fingerprint density at radius 1 is 1.38 bits per heavy atom. The van der Waals surface area contributed by atoms with E-state index in [2.05, 4.69) is 20.6 Å². The molecule has 0 saturated heterocycles. The van der Waals surface area contributed by atoms with Crippen LogP contribution in [0.3, 0.4) is 0 Å². The first-order chi connectivity index (χ1) is 7.78. The van der Waals surface area contributed by atoms with E-state index >= 15 is 0 Å². The summed E-state index contributed by atoms with van der Waals surface area (Å²) in [6, 6.07) is 0. The molecule has 2 heterocycles. The third-order valence-corrected chi connectivity index (χ3v) is 3.94. The summed E-state index contributed by atoms with van der Waals surface area (Å²) in [6.07, 6.45) is 2.01. The predicted molar refractivity (Wildman–Crippen MR) is 67.9 cm³/mol. The fraction of sp³-hybridized carbons (Fsp3) is 0.444. The summed E-state index contributed by atoms with van der Waals surface area (Å²) in [5.41, 5.74) is 1.07. The molecule has 0 aromatic carbocycles. The molecular formula is C9H11N3OS3. The average molecular weight is 273 g/mol. The molecule has 7 heteroatoms. The van der Waals surface area contributed by atoms with Crippen molar-refractivity contribution in [3.8, 4) is 0 Å². The van der Waals surface area contributed by atoms with Crippen LogP contribution in [-0.4, -0.2) is 21.4 Å². The lowest BCUT2D eigenvalue weighted by atomic mass is 10.6. The molecule has 4 nitrogen and oxygen atoms in total. The summed E-state index contributed by atoms with van der Waals surface area (Å²) < 4.78 is 5.45. The Morgan fingerprint density at radius 3 is 2.94 bits per heavy atom. The maximum atomic E-state index is 5.45. The minimum absolute atomic E-state index is 0.620. The number of hydrogen-bond acceptors (Lipinski definition) is 7. The van der Waals surface area contributed by atoms with Crippen LogP contribution in [0, 0.1) is 6.92 Å². The molecule has 0 aliphatic heterocycles. The van der Waals surface area contributed by atoms with E-state index in [1.165, 1.54) is 11.8 Å². The predicted octanol–water partition coefficient (Wildman–Crippen LogP) is 2.99. The maximum absolute atomic E-state index is 5.45. The van der Waals surface area contributed by atoms with Gasteiger partial charge < -0.3 is 4.42 Å².